The number of hydrogen-bond donors (Lipinski definition) is 3. The smallest absolute Gasteiger partial charge is 0.338 e. The van der Waals surface area contributed by atoms with E-state index in [-0.39, 0.29) is 59.0 Å². The zero-order valence-corrected chi connectivity index (χ0v) is 38.5. The fourth-order valence-electron chi connectivity index (χ4n) is 11.8. The van der Waals surface area contributed by atoms with Crippen LogP contribution in [0.4, 0.5) is 11.4 Å². The Morgan fingerprint density at radius 1 is 0.551 bits per heavy atom. The largest absolute Gasteiger partial charge is 0.458 e. The zero-order chi connectivity index (χ0) is 48.6. The summed E-state index contributed by atoms with van der Waals surface area (Å²) in [4.78, 5) is 111. The molecule has 6 aliphatic carbocycles. The van der Waals surface area contributed by atoms with Gasteiger partial charge in [0.25, 0.3) is 11.4 Å². The molecule has 10 rings (SSSR count). The zero-order valence-electron chi connectivity index (χ0n) is 38.5. The number of morpholine rings is 2. The molecule has 4 bridgehead atoms. The lowest BCUT2D eigenvalue weighted by atomic mass is 9.56. The lowest BCUT2D eigenvalue weighted by Crippen LogP contribution is -2.61. The summed E-state index contributed by atoms with van der Waals surface area (Å²) in [5, 5.41) is 31.2. The van der Waals surface area contributed by atoms with Crippen LogP contribution in [-0.4, -0.2) is 146 Å². The minimum absolute atomic E-state index is 0.0781. The van der Waals surface area contributed by atoms with Crippen LogP contribution in [0.3, 0.4) is 0 Å². The molecule has 10 atom stereocenters. The Morgan fingerprint density at radius 2 is 0.928 bits per heavy atom. The maximum absolute atomic E-state index is 14.9. The molecule has 4 amide bonds. The van der Waals surface area contributed by atoms with Gasteiger partial charge in [0.2, 0.25) is 23.6 Å². The summed E-state index contributed by atoms with van der Waals surface area (Å²) in [5.74, 6) is -9.67. The molecule has 2 saturated heterocycles. The van der Waals surface area contributed by atoms with E-state index in [0.29, 0.717) is 78.0 Å². The maximum atomic E-state index is 14.9. The van der Waals surface area contributed by atoms with E-state index >= 15 is 0 Å². The van der Waals surface area contributed by atoms with Crippen LogP contribution in [0.1, 0.15) is 72.1 Å². The first-order chi connectivity index (χ1) is 33.4. The molecule has 10 unspecified atom stereocenters. The second-order valence-corrected chi connectivity index (χ2v) is 19.1. The third kappa shape index (κ3) is 11.8. The normalized spacial score (nSPS) is 28.8. The molecule has 69 heavy (non-hydrogen) atoms. The molecule has 2 aromatic carbocycles. The van der Waals surface area contributed by atoms with Crippen molar-refractivity contribution in [1.29, 1.82) is 0 Å². The summed E-state index contributed by atoms with van der Waals surface area (Å²) in [6.07, 6.45) is 2.25. The maximum Gasteiger partial charge on any atom is 0.338 e. The summed E-state index contributed by atoms with van der Waals surface area (Å²) in [7, 11) is 0. The highest BCUT2D eigenvalue weighted by Crippen LogP contribution is 2.52. The van der Waals surface area contributed by atoms with Crippen molar-refractivity contribution in [2.45, 2.75) is 63.6 Å². The Hall–Kier alpha value is -5.90. The van der Waals surface area contributed by atoms with Gasteiger partial charge in [-0.2, -0.15) is 0 Å². The Labute approximate surface area is 398 Å². The standard InChI is InChI=1S/C48H61N7O14/c56-43(49-15-1-17-52-19-23-66-24-20-52)39-31-7-13-35(37(27-31)68-47(60)29-3-9-33(10-4-29)54(62)63)41(39)45(58)51-46(59)42-36-14-8-32(40(42)44(57)50-16-2-18-53-21-25-67-26-22-53)28-38(36)69-48(61)30-5-11-34(12-6-30)55(64)65/h3-6,9-12,31-32,35-42H,1-2,7-8,13-28H2,(H,49,56)(H,50,57)(H,51,58,59). The van der Waals surface area contributed by atoms with Gasteiger partial charge in [0.05, 0.1) is 71.1 Å². The number of non-ortho nitro benzene ring substituents is 2. The minimum atomic E-state index is -1.10. The van der Waals surface area contributed by atoms with Gasteiger partial charge in [-0.05, 0) is 101 Å². The quantitative estimate of drug-likeness (QED) is 0.0637. The number of nitrogens with zero attached hydrogens (tertiary/aromatic N) is 4. The summed E-state index contributed by atoms with van der Waals surface area (Å²) in [6.45, 7) is 7.92. The second kappa shape index (κ2) is 22.7. The lowest BCUT2D eigenvalue weighted by molar-refractivity contribution is -0.385. The molecule has 6 saturated carbocycles. The Morgan fingerprint density at radius 3 is 1.29 bits per heavy atom. The topological polar surface area (TPSA) is 268 Å². The Bertz CT molecular complexity index is 2060. The van der Waals surface area contributed by atoms with E-state index in [0.717, 1.165) is 39.3 Å². The first-order valence-corrected chi connectivity index (χ1v) is 24.3. The number of hydrogen-bond acceptors (Lipinski definition) is 16. The number of imide groups is 1. The number of nitro benzene ring substituents is 2. The third-order valence-corrected chi connectivity index (χ3v) is 15.2. The third-order valence-electron chi connectivity index (χ3n) is 15.2. The van der Waals surface area contributed by atoms with E-state index < -0.39 is 81.3 Å². The van der Waals surface area contributed by atoms with Gasteiger partial charge in [-0.15, -0.1) is 0 Å². The predicted octanol–water partition coefficient (Wildman–Crippen LogP) is 2.90. The van der Waals surface area contributed by atoms with Crippen LogP contribution >= 0.6 is 0 Å². The number of nitrogens with one attached hydrogen (secondary N) is 3. The summed E-state index contributed by atoms with van der Waals surface area (Å²) in [5.41, 5.74) is -0.247. The molecule has 2 heterocycles. The number of fused-ring (bicyclic) bond motifs is 6. The first-order valence-electron chi connectivity index (χ1n) is 24.3. The van der Waals surface area contributed by atoms with E-state index in [4.69, 9.17) is 18.9 Å². The first kappa shape index (κ1) is 49.5. The van der Waals surface area contributed by atoms with Crippen molar-refractivity contribution >= 4 is 46.9 Å². The summed E-state index contributed by atoms with van der Waals surface area (Å²) >= 11 is 0. The average Bonchev–Trinajstić information content (AvgIpc) is 3.36. The number of carbonyl (C=O) groups is 6. The van der Waals surface area contributed by atoms with Crippen LogP contribution < -0.4 is 16.0 Å². The highest BCUT2D eigenvalue weighted by atomic mass is 16.6. The second-order valence-electron chi connectivity index (χ2n) is 19.1. The predicted molar refractivity (Wildman–Crippen MR) is 243 cm³/mol. The van der Waals surface area contributed by atoms with Crippen LogP contribution in [-0.2, 0) is 38.1 Å². The molecule has 2 aliphatic heterocycles. The molecule has 0 aromatic heterocycles. The highest BCUT2D eigenvalue weighted by Gasteiger charge is 2.58. The van der Waals surface area contributed by atoms with E-state index in [2.05, 4.69) is 25.8 Å². The van der Waals surface area contributed by atoms with Crippen LogP contribution in [0.25, 0.3) is 0 Å². The Kier molecular flexibility index (Phi) is 16.3. The fraction of sp³-hybridized carbons (Fsp3) is 0.625. The monoisotopic (exact) mass is 959 g/mol. The van der Waals surface area contributed by atoms with Gasteiger partial charge in [-0.25, -0.2) is 9.59 Å². The van der Waals surface area contributed by atoms with Gasteiger partial charge < -0.3 is 29.6 Å². The Balaban J connectivity index is 1.01. The van der Waals surface area contributed by atoms with Crippen LogP contribution in [0, 0.1) is 67.6 Å². The highest BCUT2D eigenvalue weighted by molar-refractivity contribution is 6.01. The van der Waals surface area contributed by atoms with Crippen LogP contribution in [0.5, 0.6) is 0 Å². The number of nitro groups is 2. The molecule has 21 nitrogen and oxygen atoms in total. The van der Waals surface area contributed by atoms with Gasteiger partial charge in [0.1, 0.15) is 12.2 Å². The van der Waals surface area contributed by atoms with Crippen molar-refractivity contribution in [3.05, 3.63) is 79.9 Å². The van der Waals surface area contributed by atoms with Crippen molar-refractivity contribution in [3.8, 4) is 0 Å². The summed E-state index contributed by atoms with van der Waals surface area (Å²) < 4.78 is 22.9. The van der Waals surface area contributed by atoms with Crippen LogP contribution in [0.15, 0.2) is 48.5 Å². The van der Waals surface area contributed by atoms with Gasteiger partial charge in [-0.1, -0.05) is 0 Å². The molecule has 0 radical (unpaired) electrons. The SMILES string of the molecule is O=C(OC1CC2CCC1C(C(=O)NC(=O)C1C3CCC(CC3OC(=O)c3ccc([N+](=O)[O-])cc3)C1C(=O)NCCCN1CCOCC1)C2C(=O)NCCCN1CCOCC1)c1ccc([N+](=O)[O-])cc1. The molecule has 2 aromatic rings. The molecule has 21 heteroatoms. The van der Waals surface area contributed by atoms with Crippen molar-refractivity contribution in [2.75, 3.05) is 78.8 Å². The minimum Gasteiger partial charge on any atom is -0.458 e. The average molecular weight is 960 g/mol. The molecule has 372 valence electrons. The number of amides is 4. The molecule has 8 aliphatic rings. The number of benzene rings is 2. The molecule has 3 N–H and O–H groups in total. The fourth-order valence-corrected chi connectivity index (χ4v) is 11.8. The van der Waals surface area contributed by atoms with Gasteiger partial charge in [0.15, 0.2) is 0 Å². The van der Waals surface area contributed by atoms with Crippen molar-refractivity contribution in [1.82, 2.24) is 25.8 Å². The van der Waals surface area contributed by atoms with Crippen molar-refractivity contribution in [3.63, 3.8) is 0 Å². The van der Waals surface area contributed by atoms with Gasteiger partial charge >= 0.3 is 11.9 Å². The van der Waals surface area contributed by atoms with Gasteiger partial charge in [-0.3, -0.25) is 54.5 Å². The molecular weight excluding hydrogens is 899 g/mol. The molecule has 8 fully saturated rings. The van der Waals surface area contributed by atoms with E-state index in [1.54, 1.807) is 0 Å². The van der Waals surface area contributed by atoms with E-state index in [9.17, 15) is 49.0 Å². The molecular formula is C48H61N7O14. The summed E-state index contributed by atoms with van der Waals surface area (Å²) in [6, 6.07) is 9.97. The van der Waals surface area contributed by atoms with Crippen molar-refractivity contribution in [2.24, 2.45) is 47.3 Å². The number of carbonyl (C=O) groups excluding carboxylic acids is 6. The number of rotatable bonds is 18. The molecule has 0 spiro atoms. The van der Waals surface area contributed by atoms with Crippen LogP contribution in [0.2, 0.25) is 0 Å². The van der Waals surface area contributed by atoms with Gasteiger partial charge in [0, 0.05) is 75.4 Å². The van der Waals surface area contributed by atoms with E-state index in [1.807, 2.05) is 0 Å². The number of esters is 2. The lowest BCUT2D eigenvalue weighted by Gasteiger charge is -2.51. The van der Waals surface area contributed by atoms with Crippen molar-refractivity contribution < 1.29 is 57.6 Å². The number of ether oxygens (including phenoxy) is 4. The van der Waals surface area contributed by atoms with E-state index in [1.165, 1.54) is 48.5 Å².